The molecule has 7 unspecified atom stereocenters. The van der Waals surface area contributed by atoms with Crippen molar-refractivity contribution in [3.63, 3.8) is 0 Å². The molecule has 0 spiro atoms. The van der Waals surface area contributed by atoms with Crippen LogP contribution in [0.15, 0.2) is 12.7 Å². The number of rotatable bonds is 21. The highest BCUT2D eigenvalue weighted by molar-refractivity contribution is 8.13. The highest BCUT2D eigenvalue weighted by Crippen LogP contribution is 2.56. The summed E-state index contributed by atoms with van der Waals surface area (Å²) in [6.45, 7) is 1.91. The number of fused-ring (bicyclic) bond motifs is 1. The minimum absolute atomic E-state index is 0.0291. The number of hydrogen-bond acceptors (Lipinski definition) is 22. The van der Waals surface area contributed by atoms with Gasteiger partial charge in [-0.05, 0) is 13.8 Å². The van der Waals surface area contributed by atoms with Gasteiger partial charge >= 0.3 is 0 Å². The zero-order chi connectivity index (χ0) is 41.6. The molecule has 29 heteroatoms. The summed E-state index contributed by atoms with van der Waals surface area (Å²) in [6.07, 6.45) is -7.72. The van der Waals surface area contributed by atoms with Crippen LogP contribution < -0.4 is 35.9 Å². The van der Waals surface area contributed by atoms with Crippen molar-refractivity contribution in [2.45, 2.75) is 64.8 Å². The molecule has 1 fully saturated rings. The van der Waals surface area contributed by atoms with Crippen molar-refractivity contribution in [3.05, 3.63) is 12.7 Å². The van der Waals surface area contributed by atoms with Crippen LogP contribution in [-0.2, 0) is 50.7 Å². The zero-order valence-electron chi connectivity index (χ0n) is 29.5. The van der Waals surface area contributed by atoms with E-state index < -0.39 is 96.6 Å². The monoisotopic (exact) mass is 864 g/mol. The number of imidazole rings is 1. The van der Waals surface area contributed by atoms with Gasteiger partial charge in [0.25, 0.3) is 15.6 Å². The fourth-order valence-electron chi connectivity index (χ4n) is 4.50. The van der Waals surface area contributed by atoms with E-state index in [0.29, 0.717) is 0 Å². The van der Waals surface area contributed by atoms with Crippen LogP contribution in [0.5, 0.6) is 0 Å². The number of phosphoric ester groups is 3. The third-order valence-corrected chi connectivity index (χ3v) is 11.8. The van der Waals surface area contributed by atoms with E-state index in [2.05, 4.69) is 43.5 Å². The Labute approximate surface area is 316 Å². The predicted octanol–water partition coefficient (Wildman–Crippen LogP) is -2.87. The van der Waals surface area contributed by atoms with Crippen molar-refractivity contribution in [1.82, 2.24) is 30.2 Å². The normalized spacial score (nSPS) is 22.2. The molecule has 0 aromatic carbocycles. The molecule has 1 aliphatic heterocycles. The van der Waals surface area contributed by atoms with E-state index in [-0.39, 0.29) is 47.4 Å². The van der Waals surface area contributed by atoms with Crippen molar-refractivity contribution in [1.29, 1.82) is 0 Å². The van der Waals surface area contributed by atoms with E-state index in [1.165, 1.54) is 27.7 Å². The topological polar surface area (TPSA) is 375 Å². The molecule has 2 aromatic heterocycles. The van der Waals surface area contributed by atoms with Gasteiger partial charge < -0.3 is 69.0 Å². The number of amides is 2. The lowest BCUT2D eigenvalue weighted by Crippen LogP contribution is -2.46. The van der Waals surface area contributed by atoms with Gasteiger partial charge in [0.05, 0.1) is 32.8 Å². The zero-order valence-corrected chi connectivity index (χ0v) is 33.0. The first-order chi connectivity index (χ1) is 25.3. The maximum Gasteiger partial charge on any atom is 0.274 e. The van der Waals surface area contributed by atoms with Gasteiger partial charge in [-0.25, -0.2) is 23.7 Å². The van der Waals surface area contributed by atoms with Crippen LogP contribution in [0.4, 0.5) is 10.2 Å². The number of nitrogens with one attached hydrogen (secondary N) is 2. The Kier molecular flexibility index (Phi) is 16.0. The lowest BCUT2D eigenvalue weighted by Gasteiger charge is -2.36. The Hall–Kier alpha value is -2.51. The molecule has 7 atom stereocenters. The van der Waals surface area contributed by atoms with Crippen LogP contribution in [0.1, 0.15) is 40.3 Å². The number of nitrogen functional groups attached to an aromatic ring is 1. The van der Waals surface area contributed by atoms with Crippen LogP contribution in [0.3, 0.4) is 0 Å². The van der Waals surface area contributed by atoms with Gasteiger partial charge in [-0.1, -0.05) is 25.6 Å². The van der Waals surface area contributed by atoms with Gasteiger partial charge in [0.15, 0.2) is 22.8 Å². The van der Waals surface area contributed by atoms with E-state index in [4.69, 9.17) is 10.5 Å². The number of nitrogens with two attached hydrogens (primary N) is 1. The van der Waals surface area contributed by atoms with Gasteiger partial charge in [-0.3, -0.25) is 28.1 Å². The average molecular weight is 865 g/mol. The molecule has 0 saturated carbocycles. The molecule has 1 saturated heterocycles. The Balaban J connectivity index is 1.50. The summed E-state index contributed by atoms with van der Waals surface area (Å²) in [6, 6.07) is 0. The summed E-state index contributed by atoms with van der Waals surface area (Å²) in [5, 5.41) is 25.6. The quantitative estimate of drug-likeness (QED) is 0.0622. The molecule has 1 aliphatic rings. The number of alkyl halides is 1. The van der Waals surface area contributed by atoms with E-state index >= 15 is 0 Å². The number of anilines is 1. The third kappa shape index (κ3) is 13.5. The number of halogens is 1. The van der Waals surface area contributed by atoms with Crippen LogP contribution >= 0.6 is 35.2 Å². The molecular weight excluding hydrogens is 825 g/mol. The summed E-state index contributed by atoms with van der Waals surface area (Å²) in [4.78, 5) is 95.8. The maximum atomic E-state index is 12.9. The molecule has 0 radical (unpaired) electrons. The summed E-state index contributed by atoms with van der Waals surface area (Å²) in [5.41, 5.74) is 2.86. The lowest BCUT2D eigenvalue weighted by atomic mass is 9.87. The van der Waals surface area contributed by atoms with Crippen molar-refractivity contribution < 1.29 is 84.9 Å². The summed E-state index contributed by atoms with van der Waals surface area (Å²) < 4.78 is 73.2. The van der Waals surface area contributed by atoms with Gasteiger partial charge in [-0.2, -0.15) is 0 Å². The molecule has 6 N–H and O–H groups in total. The molecule has 3 heterocycles. The van der Waals surface area contributed by atoms with Crippen molar-refractivity contribution in [2.24, 2.45) is 10.8 Å². The number of aliphatic hydroxyl groups excluding tert-OH is 2. The largest absolute Gasteiger partial charge is 0.790 e. The first kappa shape index (κ1) is 46.9. The number of carbonyl (C=O) groups excluding carboxylic acids is 3. The molecule has 2 aromatic rings. The second-order valence-electron chi connectivity index (χ2n) is 13.1. The molecular formula is C26H39FN7O17P3S-4. The molecule has 2 amide bonds. The number of thioether (sulfide) groups is 1. The fraction of sp³-hybridized carbons (Fsp3) is 0.692. The molecule has 55 heavy (non-hydrogen) atoms. The van der Waals surface area contributed by atoms with Crippen LogP contribution in [0.25, 0.3) is 11.2 Å². The number of aromatic nitrogens is 4. The maximum absolute atomic E-state index is 12.9. The minimum Gasteiger partial charge on any atom is -0.790 e. The fourth-order valence-corrected chi connectivity index (χ4v) is 8.07. The lowest BCUT2D eigenvalue weighted by molar-refractivity contribution is -0.347. The molecule has 312 valence electrons. The number of ether oxygens (including phenoxy) is 1. The third-order valence-electron chi connectivity index (χ3n) is 7.60. The average Bonchev–Trinajstić information content (AvgIpc) is 3.64. The van der Waals surface area contributed by atoms with Gasteiger partial charge in [0, 0.05) is 30.7 Å². The predicted molar refractivity (Wildman–Crippen MR) is 178 cm³/mol. The van der Waals surface area contributed by atoms with Crippen LogP contribution in [-0.4, -0.2) is 110 Å². The van der Waals surface area contributed by atoms with Crippen LogP contribution in [0.2, 0.25) is 0 Å². The van der Waals surface area contributed by atoms with Gasteiger partial charge in [-0.15, -0.1) is 0 Å². The second kappa shape index (κ2) is 18.8. The van der Waals surface area contributed by atoms with Crippen LogP contribution in [0, 0.1) is 10.8 Å². The smallest absolute Gasteiger partial charge is 0.274 e. The molecule has 3 rings (SSSR count). The number of hydrogen-bond donors (Lipinski definition) is 5. The Morgan fingerprint density at radius 3 is 2.36 bits per heavy atom. The number of nitrogens with zero attached hydrogens (tertiary/aromatic N) is 4. The molecule has 0 bridgehead atoms. The number of carbonyl (C=O) groups is 3. The highest BCUT2D eigenvalue weighted by atomic mass is 32.2. The second-order valence-corrected chi connectivity index (χ2v) is 18.3. The van der Waals surface area contributed by atoms with Gasteiger partial charge in [0.1, 0.15) is 42.9 Å². The Morgan fingerprint density at radius 1 is 1.07 bits per heavy atom. The minimum atomic E-state index is -5.93. The summed E-state index contributed by atoms with van der Waals surface area (Å²) >= 11 is 0.850. The van der Waals surface area contributed by atoms with Crippen molar-refractivity contribution in [2.75, 3.05) is 44.5 Å². The van der Waals surface area contributed by atoms with Crippen molar-refractivity contribution in [3.8, 4) is 0 Å². The molecule has 0 aliphatic carbocycles. The van der Waals surface area contributed by atoms with E-state index in [1.807, 2.05) is 0 Å². The van der Waals surface area contributed by atoms with Crippen molar-refractivity contribution >= 4 is 69.1 Å². The van der Waals surface area contributed by atoms with E-state index in [0.717, 1.165) is 29.0 Å². The summed E-state index contributed by atoms with van der Waals surface area (Å²) in [5.74, 6) is -1.48. The van der Waals surface area contributed by atoms with E-state index in [9.17, 15) is 62.3 Å². The molecule has 24 nitrogen and oxygen atoms in total. The SMILES string of the molecule is CC(C)(C[18F])C(=O)SCCNC(=O)CCNC(=O)C(O)C(C)(C)COP(=O)([O-])OP(=O)([O-])OCC1OC(n2cnc3c(N)ncnc32)C(O)C1OP(=O)([O-])[O-]. The number of phosphoric acid groups is 3. The first-order valence-corrected chi connectivity index (χ1v) is 21.2. The Bertz CT molecular complexity index is 1830. The highest BCUT2D eigenvalue weighted by Gasteiger charge is 2.47. The standard InChI is InChI=1S/C26H43FN7O17P3S/c1-25(2,10-27)24(39)55-8-7-29-15(35)5-6-30-22(38)19(37)26(3,4)11-48-54(45,46)51-53(43,44)47-9-14-18(50-52(40,41)42)17(36)23(49-14)34-13-33-16-20(28)31-12-32-21(16)34/h12-14,17-19,23,36-37H,5-11H2,1-4H3,(H,29,35)(H,30,38)(H,43,44)(H,45,46)(H2,28,31,32)(H2,40,41,42)/p-4/i27-1. The van der Waals surface area contributed by atoms with E-state index in [1.54, 1.807) is 0 Å². The number of aliphatic hydroxyl groups is 2. The summed E-state index contributed by atoms with van der Waals surface area (Å²) in [7, 11) is -17.6. The Morgan fingerprint density at radius 2 is 1.73 bits per heavy atom. The first-order valence-electron chi connectivity index (χ1n) is 15.8. The van der Waals surface area contributed by atoms with Gasteiger partial charge in [0.2, 0.25) is 11.8 Å².